The van der Waals surface area contributed by atoms with Crippen LogP contribution in [0.2, 0.25) is 5.02 Å². The first-order chi connectivity index (χ1) is 10.4. The maximum Gasteiger partial charge on any atom is 0.430 e. The maximum absolute atomic E-state index is 13.0. The van der Waals surface area contributed by atoms with E-state index in [1.165, 1.54) is 12.1 Å². The van der Waals surface area contributed by atoms with Crippen LogP contribution in [0.1, 0.15) is 26.3 Å². The topological polar surface area (TPSA) is 55.8 Å². The van der Waals surface area contributed by atoms with E-state index in [0.717, 1.165) is 6.08 Å². The number of alkyl halides is 3. The van der Waals surface area contributed by atoms with Crippen LogP contribution in [-0.2, 0) is 4.79 Å². The van der Waals surface area contributed by atoms with Crippen molar-refractivity contribution in [3.8, 4) is 11.5 Å². The van der Waals surface area contributed by atoms with Crippen molar-refractivity contribution in [2.45, 2.75) is 38.7 Å². The molecule has 23 heavy (non-hydrogen) atoms. The lowest BCUT2D eigenvalue weighted by Gasteiger charge is -2.28. The molecule has 2 rings (SSSR count). The molecule has 1 aromatic carbocycles. The van der Waals surface area contributed by atoms with Gasteiger partial charge in [-0.05, 0) is 32.9 Å². The van der Waals surface area contributed by atoms with Crippen molar-refractivity contribution in [1.82, 2.24) is 0 Å². The fourth-order valence-corrected chi connectivity index (χ4v) is 2.23. The smallest absolute Gasteiger partial charge is 0.430 e. The second kappa shape index (κ2) is 5.63. The van der Waals surface area contributed by atoms with Gasteiger partial charge in [0, 0.05) is 11.6 Å². The number of hydrogen-bond acceptors (Lipinski definition) is 3. The molecule has 0 bridgehead atoms. The van der Waals surface area contributed by atoms with Crippen molar-refractivity contribution < 1.29 is 32.5 Å². The van der Waals surface area contributed by atoms with E-state index in [0.29, 0.717) is 0 Å². The van der Waals surface area contributed by atoms with Crippen LogP contribution in [0, 0.1) is 0 Å². The number of hydrogen-bond donors (Lipinski definition) is 1. The van der Waals surface area contributed by atoms with E-state index < -0.39 is 29.4 Å². The van der Waals surface area contributed by atoms with Crippen molar-refractivity contribution in [2.24, 2.45) is 0 Å². The molecule has 0 radical (unpaired) electrons. The van der Waals surface area contributed by atoms with Gasteiger partial charge in [-0.15, -0.1) is 0 Å². The molecule has 126 valence electrons. The summed E-state index contributed by atoms with van der Waals surface area (Å²) in [6.07, 6.45) is -6.49. The minimum Gasteiger partial charge on any atom is -0.486 e. The van der Waals surface area contributed by atoms with Crippen molar-refractivity contribution in [3.63, 3.8) is 0 Å². The SMILES string of the molecule is CC(C)(C)Oc1cc2c(cc1Cl)C=C(C(=O)O)C(C(F)(F)F)O2. The molecule has 0 saturated carbocycles. The normalized spacial score (nSPS) is 17.9. The zero-order valence-corrected chi connectivity index (χ0v) is 13.2. The second-order valence-corrected chi connectivity index (χ2v) is 6.39. The van der Waals surface area contributed by atoms with Gasteiger partial charge in [0.15, 0.2) is 0 Å². The molecule has 1 aliphatic heterocycles. The largest absolute Gasteiger partial charge is 0.486 e. The quantitative estimate of drug-likeness (QED) is 0.863. The van der Waals surface area contributed by atoms with Crippen LogP contribution in [0.25, 0.3) is 6.08 Å². The molecule has 0 saturated heterocycles. The van der Waals surface area contributed by atoms with Gasteiger partial charge in [-0.25, -0.2) is 4.79 Å². The molecule has 0 aliphatic carbocycles. The fourth-order valence-electron chi connectivity index (χ4n) is 2.02. The van der Waals surface area contributed by atoms with Crippen LogP contribution >= 0.6 is 11.6 Å². The van der Waals surface area contributed by atoms with Gasteiger partial charge in [-0.1, -0.05) is 11.6 Å². The molecule has 0 aromatic heterocycles. The standard InChI is InChI=1S/C15H14ClF3O4/c1-14(2,3)23-11-6-10-7(5-9(11)16)4-8(13(20)21)12(22-10)15(17,18)19/h4-6,12H,1-3H3,(H,20,21). The highest BCUT2D eigenvalue weighted by Gasteiger charge is 2.48. The average Bonchev–Trinajstić information content (AvgIpc) is 2.35. The number of halogens is 4. The van der Waals surface area contributed by atoms with Crippen LogP contribution < -0.4 is 9.47 Å². The fraction of sp³-hybridized carbons (Fsp3) is 0.400. The summed E-state index contributed by atoms with van der Waals surface area (Å²) in [6, 6.07) is 2.55. The van der Waals surface area contributed by atoms with Gasteiger partial charge in [-0.3, -0.25) is 0 Å². The third-order valence-electron chi connectivity index (χ3n) is 2.86. The number of carboxylic acids is 1. The van der Waals surface area contributed by atoms with E-state index in [1.54, 1.807) is 20.8 Å². The van der Waals surface area contributed by atoms with Crippen LogP contribution in [0.4, 0.5) is 13.2 Å². The first-order valence-electron chi connectivity index (χ1n) is 6.59. The summed E-state index contributed by atoms with van der Waals surface area (Å²) < 4.78 is 49.5. The summed E-state index contributed by atoms with van der Waals surface area (Å²) in [6.45, 7) is 5.26. The number of rotatable bonds is 2. The van der Waals surface area contributed by atoms with Gasteiger partial charge in [0.25, 0.3) is 0 Å². The molecule has 1 heterocycles. The molecular formula is C15H14ClF3O4. The maximum atomic E-state index is 13.0. The minimum absolute atomic E-state index is 0.138. The van der Waals surface area contributed by atoms with Gasteiger partial charge in [0.1, 0.15) is 17.1 Å². The van der Waals surface area contributed by atoms with Crippen LogP contribution in [-0.4, -0.2) is 29.0 Å². The van der Waals surface area contributed by atoms with Crippen LogP contribution in [0.5, 0.6) is 11.5 Å². The molecule has 1 unspecified atom stereocenters. The summed E-state index contributed by atoms with van der Waals surface area (Å²) in [4.78, 5) is 11.1. The number of aliphatic carboxylic acids is 1. The molecule has 1 atom stereocenters. The highest BCUT2D eigenvalue weighted by Crippen LogP contribution is 2.42. The number of fused-ring (bicyclic) bond motifs is 1. The Morgan fingerprint density at radius 3 is 2.39 bits per heavy atom. The molecule has 4 nitrogen and oxygen atoms in total. The first-order valence-corrected chi connectivity index (χ1v) is 6.97. The third-order valence-corrected chi connectivity index (χ3v) is 3.16. The van der Waals surface area contributed by atoms with Crippen molar-refractivity contribution >= 4 is 23.6 Å². The first kappa shape index (κ1) is 17.5. The summed E-state index contributed by atoms with van der Waals surface area (Å²) in [5, 5.41) is 9.12. The molecule has 1 aliphatic rings. The number of carboxylic acid groups (broad SMARTS) is 1. The predicted octanol–water partition coefficient (Wildman–Crippen LogP) is 4.31. The van der Waals surface area contributed by atoms with E-state index in [9.17, 15) is 18.0 Å². The number of ether oxygens (including phenoxy) is 2. The summed E-state index contributed by atoms with van der Waals surface area (Å²) in [7, 11) is 0. The van der Waals surface area contributed by atoms with E-state index in [1.807, 2.05) is 0 Å². The molecule has 0 spiro atoms. The lowest BCUT2D eigenvalue weighted by Crippen LogP contribution is -2.40. The summed E-state index contributed by atoms with van der Waals surface area (Å²) in [5.74, 6) is -1.68. The zero-order chi connectivity index (χ0) is 17.6. The van der Waals surface area contributed by atoms with Gasteiger partial charge in [-0.2, -0.15) is 13.2 Å². The molecule has 8 heteroatoms. The number of carbonyl (C=O) groups is 1. The van der Waals surface area contributed by atoms with E-state index in [-0.39, 0.29) is 22.1 Å². The summed E-state index contributed by atoms with van der Waals surface area (Å²) in [5.41, 5.74) is -1.36. The third kappa shape index (κ3) is 3.90. The van der Waals surface area contributed by atoms with E-state index in [2.05, 4.69) is 0 Å². The Labute approximate surface area is 135 Å². The lowest BCUT2D eigenvalue weighted by molar-refractivity contribution is -0.187. The Morgan fingerprint density at radius 1 is 1.30 bits per heavy atom. The molecular weight excluding hydrogens is 337 g/mol. The van der Waals surface area contributed by atoms with Gasteiger partial charge in [0.2, 0.25) is 6.10 Å². The van der Waals surface area contributed by atoms with Crippen LogP contribution in [0.15, 0.2) is 17.7 Å². The second-order valence-electron chi connectivity index (χ2n) is 5.98. The Bertz CT molecular complexity index is 675. The van der Waals surface area contributed by atoms with Crippen molar-refractivity contribution in [1.29, 1.82) is 0 Å². The van der Waals surface area contributed by atoms with Gasteiger partial charge >= 0.3 is 12.1 Å². The monoisotopic (exact) mass is 350 g/mol. The lowest BCUT2D eigenvalue weighted by atomic mass is 10.0. The highest BCUT2D eigenvalue weighted by molar-refractivity contribution is 6.32. The Hall–Kier alpha value is -1.89. The average molecular weight is 351 g/mol. The van der Waals surface area contributed by atoms with Crippen molar-refractivity contribution in [2.75, 3.05) is 0 Å². The van der Waals surface area contributed by atoms with E-state index in [4.69, 9.17) is 26.2 Å². The zero-order valence-electron chi connectivity index (χ0n) is 12.5. The Kier molecular flexibility index (Phi) is 4.28. The van der Waals surface area contributed by atoms with Gasteiger partial charge in [0.05, 0.1) is 10.6 Å². The molecule has 0 fully saturated rings. The Balaban J connectivity index is 2.52. The summed E-state index contributed by atoms with van der Waals surface area (Å²) >= 11 is 6.04. The highest BCUT2D eigenvalue weighted by atomic mass is 35.5. The molecule has 1 N–H and O–H groups in total. The number of benzene rings is 1. The Morgan fingerprint density at radius 2 is 1.91 bits per heavy atom. The van der Waals surface area contributed by atoms with Crippen molar-refractivity contribution in [3.05, 3.63) is 28.3 Å². The predicted molar refractivity (Wildman–Crippen MR) is 77.9 cm³/mol. The molecule has 1 aromatic rings. The van der Waals surface area contributed by atoms with Crippen LogP contribution in [0.3, 0.4) is 0 Å². The van der Waals surface area contributed by atoms with Gasteiger partial charge < -0.3 is 14.6 Å². The van der Waals surface area contributed by atoms with E-state index >= 15 is 0 Å². The molecule has 0 amide bonds. The minimum atomic E-state index is -4.85.